The number of aromatic nitrogens is 3. The number of carbonyl (C=O) groups is 1. The molecule has 178 valence electrons. The molecule has 0 unspecified atom stereocenters. The number of furan rings is 1. The van der Waals surface area contributed by atoms with Gasteiger partial charge in [-0.15, -0.1) is 0 Å². The van der Waals surface area contributed by atoms with Gasteiger partial charge in [0.2, 0.25) is 0 Å². The smallest absolute Gasteiger partial charge is 0.433 e. The molecule has 0 fully saturated rings. The van der Waals surface area contributed by atoms with Crippen LogP contribution in [0.4, 0.5) is 32.0 Å². The van der Waals surface area contributed by atoms with E-state index in [9.17, 15) is 31.1 Å². The van der Waals surface area contributed by atoms with Crippen molar-refractivity contribution in [1.29, 1.82) is 0 Å². The van der Waals surface area contributed by atoms with E-state index in [1.807, 2.05) is 0 Å². The number of anilines is 1. The van der Waals surface area contributed by atoms with Crippen LogP contribution in [0.1, 0.15) is 21.7 Å². The van der Waals surface area contributed by atoms with Gasteiger partial charge in [0.25, 0.3) is 5.91 Å². The standard InChI is InChI=1S/C19H7Br2ClF6N4O2/c20-13-4-3-11(34-13)10-6-12(19(26,27)28)32-16(29-10)14(21)15(31-32)17(33)30-9-5-7(18(23,24)25)1-2-8(9)22/h1-6H,(H,30,33). The van der Waals surface area contributed by atoms with Crippen LogP contribution in [0.15, 0.2) is 50.0 Å². The van der Waals surface area contributed by atoms with Gasteiger partial charge in [0.05, 0.1) is 20.7 Å². The van der Waals surface area contributed by atoms with Crippen molar-refractivity contribution in [1.82, 2.24) is 14.6 Å². The fraction of sp³-hybridized carbons (Fsp3) is 0.105. The van der Waals surface area contributed by atoms with Gasteiger partial charge in [-0.2, -0.15) is 31.4 Å². The highest BCUT2D eigenvalue weighted by Gasteiger charge is 2.37. The summed E-state index contributed by atoms with van der Waals surface area (Å²) in [5, 5.41) is 5.60. The molecule has 0 spiro atoms. The molecule has 3 aromatic heterocycles. The highest BCUT2D eigenvalue weighted by molar-refractivity contribution is 9.10. The van der Waals surface area contributed by atoms with Crippen LogP contribution in [0.25, 0.3) is 17.1 Å². The van der Waals surface area contributed by atoms with Gasteiger partial charge in [-0.05, 0) is 68.3 Å². The molecule has 15 heteroatoms. The number of carbonyl (C=O) groups excluding carboxylic acids is 1. The Morgan fingerprint density at radius 3 is 2.32 bits per heavy atom. The number of nitrogens with one attached hydrogen (secondary N) is 1. The van der Waals surface area contributed by atoms with Crippen molar-refractivity contribution in [2.24, 2.45) is 0 Å². The van der Waals surface area contributed by atoms with Crippen molar-refractivity contribution in [3.63, 3.8) is 0 Å². The number of halogens is 9. The first-order valence-corrected chi connectivity index (χ1v) is 10.8. The summed E-state index contributed by atoms with van der Waals surface area (Å²) in [6.45, 7) is 0. The SMILES string of the molecule is O=C(Nc1cc(C(F)(F)F)ccc1Cl)c1nn2c(C(F)(F)F)cc(-c3ccc(Br)o3)nc2c1Br. The lowest BCUT2D eigenvalue weighted by molar-refractivity contribution is -0.142. The predicted octanol–water partition coefficient (Wildman–Crippen LogP) is 7.46. The fourth-order valence-corrected chi connectivity index (χ4v) is 3.88. The average molecular weight is 633 g/mol. The zero-order chi connectivity index (χ0) is 25.0. The third kappa shape index (κ3) is 4.66. The molecule has 34 heavy (non-hydrogen) atoms. The van der Waals surface area contributed by atoms with Crippen LogP contribution in [0.2, 0.25) is 5.02 Å². The summed E-state index contributed by atoms with van der Waals surface area (Å²) >= 11 is 11.9. The Kier molecular flexibility index (Phi) is 6.19. The summed E-state index contributed by atoms with van der Waals surface area (Å²) < 4.78 is 85.9. The van der Waals surface area contributed by atoms with Gasteiger partial charge in [0, 0.05) is 0 Å². The van der Waals surface area contributed by atoms with E-state index >= 15 is 0 Å². The highest BCUT2D eigenvalue weighted by atomic mass is 79.9. The number of rotatable bonds is 3. The highest BCUT2D eigenvalue weighted by Crippen LogP contribution is 2.37. The van der Waals surface area contributed by atoms with E-state index in [1.54, 1.807) is 0 Å². The third-order valence-corrected chi connectivity index (χ3v) is 5.89. The van der Waals surface area contributed by atoms with Gasteiger partial charge < -0.3 is 9.73 Å². The fourth-order valence-electron chi connectivity index (χ4n) is 2.90. The minimum atomic E-state index is -4.90. The Labute approximate surface area is 207 Å². The van der Waals surface area contributed by atoms with Gasteiger partial charge in [-0.3, -0.25) is 4.79 Å². The van der Waals surface area contributed by atoms with E-state index in [1.165, 1.54) is 12.1 Å². The summed E-state index contributed by atoms with van der Waals surface area (Å²) in [5.41, 5.74) is -3.90. The molecular weight excluding hydrogens is 625 g/mol. The van der Waals surface area contributed by atoms with Crippen LogP contribution in [-0.4, -0.2) is 20.5 Å². The lowest BCUT2D eigenvalue weighted by Gasteiger charge is -2.11. The number of amides is 1. The summed E-state index contributed by atoms with van der Waals surface area (Å²) in [4.78, 5) is 16.8. The minimum absolute atomic E-state index is 0.00900. The topological polar surface area (TPSA) is 72.4 Å². The maximum atomic E-state index is 13.7. The van der Waals surface area contributed by atoms with Crippen molar-refractivity contribution < 1.29 is 35.6 Å². The second kappa shape index (κ2) is 8.57. The lowest BCUT2D eigenvalue weighted by Crippen LogP contribution is -2.16. The van der Waals surface area contributed by atoms with E-state index < -0.39 is 40.9 Å². The molecule has 0 atom stereocenters. The van der Waals surface area contributed by atoms with E-state index in [-0.39, 0.29) is 31.3 Å². The average Bonchev–Trinajstić information content (AvgIpc) is 3.31. The Morgan fingerprint density at radius 2 is 1.74 bits per heavy atom. The Balaban J connectivity index is 1.81. The second-order valence-corrected chi connectivity index (χ2v) is 8.65. The molecule has 3 heterocycles. The van der Waals surface area contributed by atoms with Crippen molar-refractivity contribution in [2.75, 3.05) is 5.32 Å². The van der Waals surface area contributed by atoms with Crippen LogP contribution in [0.3, 0.4) is 0 Å². The van der Waals surface area contributed by atoms with E-state index in [0.29, 0.717) is 22.7 Å². The first-order valence-electron chi connectivity index (χ1n) is 8.86. The first kappa shape index (κ1) is 24.5. The summed E-state index contributed by atoms with van der Waals surface area (Å²) in [6.07, 6.45) is -9.61. The zero-order valence-electron chi connectivity index (χ0n) is 16.0. The Hall–Kier alpha value is -2.58. The van der Waals surface area contributed by atoms with Gasteiger partial charge in [0.1, 0.15) is 5.69 Å². The molecule has 0 radical (unpaired) electrons. The van der Waals surface area contributed by atoms with Crippen LogP contribution in [0.5, 0.6) is 0 Å². The van der Waals surface area contributed by atoms with Crippen LogP contribution >= 0.6 is 43.5 Å². The largest absolute Gasteiger partial charge is 0.448 e. The lowest BCUT2D eigenvalue weighted by atomic mass is 10.2. The Bertz CT molecular complexity index is 1430. The number of hydrogen-bond donors (Lipinski definition) is 1. The Morgan fingerprint density at radius 1 is 1.03 bits per heavy atom. The molecule has 4 rings (SSSR count). The predicted molar refractivity (Wildman–Crippen MR) is 115 cm³/mol. The van der Waals surface area contributed by atoms with E-state index in [2.05, 4.69) is 47.3 Å². The zero-order valence-corrected chi connectivity index (χ0v) is 20.0. The van der Waals surface area contributed by atoms with Gasteiger partial charge in [-0.1, -0.05) is 11.6 Å². The molecule has 0 bridgehead atoms. The van der Waals surface area contributed by atoms with Crippen molar-refractivity contribution in [3.05, 3.63) is 67.5 Å². The van der Waals surface area contributed by atoms with E-state index in [4.69, 9.17) is 16.0 Å². The molecule has 4 aromatic rings. The van der Waals surface area contributed by atoms with Crippen LogP contribution < -0.4 is 5.32 Å². The second-order valence-electron chi connectivity index (χ2n) is 6.67. The maximum Gasteiger partial charge on any atom is 0.433 e. The summed E-state index contributed by atoms with van der Waals surface area (Å²) in [5.74, 6) is -1.11. The van der Waals surface area contributed by atoms with Crippen LogP contribution in [0, 0.1) is 0 Å². The normalized spacial score (nSPS) is 12.4. The van der Waals surface area contributed by atoms with Crippen molar-refractivity contribution >= 4 is 60.7 Å². The number of alkyl halides is 6. The molecule has 0 aliphatic heterocycles. The van der Waals surface area contributed by atoms with Crippen molar-refractivity contribution in [2.45, 2.75) is 12.4 Å². The molecule has 0 aliphatic carbocycles. The third-order valence-electron chi connectivity index (χ3n) is 4.41. The summed E-state index contributed by atoms with van der Waals surface area (Å²) in [6, 6.07) is 5.76. The molecule has 0 saturated carbocycles. The molecule has 6 nitrogen and oxygen atoms in total. The minimum Gasteiger partial charge on any atom is -0.448 e. The molecule has 1 aromatic carbocycles. The molecular formula is C19H7Br2ClF6N4O2. The van der Waals surface area contributed by atoms with Gasteiger partial charge in [0.15, 0.2) is 27.5 Å². The van der Waals surface area contributed by atoms with E-state index in [0.717, 1.165) is 6.07 Å². The molecule has 0 aliphatic rings. The molecule has 1 N–H and O–H groups in total. The molecule has 1 amide bonds. The maximum absolute atomic E-state index is 13.7. The monoisotopic (exact) mass is 630 g/mol. The summed E-state index contributed by atoms with van der Waals surface area (Å²) in [7, 11) is 0. The first-order chi connectivity index (χ1) is 15.8. The molecule has 0 saturated heterocycles. The quantitative estimate of drug-likeness (QED) is 0.238. The van der Waals surface area contributed by atoms with Gasteiger partial charge in [-0.25, -0.2) is 9.50 Å². The van der Waals surface area contributed by atoms with Gasteiger partial charge >= 0.3 is 12.4 Å². The number of fused-ring (bicyclic) bond motifs is 1. The van der Waals surface area contributed by atoms with Crippen LogP contribution in [-0.2, 0) is 12.4 Å². The number of benzene rings is 1. The van der Waals surface area contributed by atoms with Crippen molar-refractivity contribution in [3.8, 4) is 11.5 Å². The number of nitrogens with zero attached hydrogens (tertiary/aromatic N) is 3. The number of hydrogen-bond acceptors (Lipinski definition) is 4.